The van der Waals surface area contributed by atoms with E-state index in [2.05, 4.69) is 20.9 Å². The Morgan fingerprint density at radius 2 is 2.16 bits per heavy atom. The highest BCUT2D eigenvalue weighted by Gasteiger charge is 2.12. The molecule has 2 aromatic rings. The Labute approximate surface area is 121 Å². The van der Waals surface area contributed by atoms with Gasteiger partial charge in [0, 0.05) is 12.1 Å². The van der Waals surface area contributed by atoms with Crippen LogP contribution in [-0.2, 0) is 0 Å². The fourth-order valence-corrected chi connectivity index (χ4v) is 1.97. The molecular formula is C11H7BrClN3O3. The number of pyridine rings is 1. The van der Waals surface area contributed by atoms with E-state index >= 15 is 0 Å². The number of anilines is 1. The fourth-order valence-electron chi connectivity index (χ4n) is 1.31. The van der Waals surface area contributed by atoms with E-state index in [0.717, 1.165) is 0 Å². The molecular weight excluding hydrogens is 337 g/mol. The van der Waals surface area contributed by atoms with Gasteiger partial charge >= 0.3 is 0 Å². The van der Waals surface area contributed by atoms with E-state index < -0.39 is 4.92 Å². The molecule has 0 spiro atoms. The number of benzene rings is 1. The summed E-state index contributed by atoms with van der Waals surface area (Å²) in [4.78, 5) is 14.0. The predicted molar refractivity (Wildman–Crippen MR) is 74.5 cm³/mol. The second kappa shape index (κ2) is 5.41. The van der Waals surface area contributed by atoms with E-state index in [0.29, 0.717) is 10.2 Å². The van der Waals surface area contributed by atoms with Gasteiger partial charge in [-0.2, -0.15) is 0 Å². The summed E-state index contributed by atoms with van der Waals surface area (Å²) in [6.45, 7) is 0. The van der Waals surface area contributed by atoms with Crippen molar-refractivity contribution in [2.24, 2.45) is 0 Å². The summed E-state index contributed by atoms with van der Waals surface area (Å²) in [5.41, 5.74) is 5.93. The standard InChI is InChI=1S/C11H7BrClN3O3/c12-8-3-6(14)5-15-11(8)19-10-2-1-7(16(17)18)4-9(10)13/h1-5H,14H2. The summed E-state index contributed by atoms with van der Waals surface area (Å²) >= 11 is 9.16. The SMILES string of the molecule is Nc1cnc(Oc2ccc([N+](=O)[O-])cc2Cl)c(Br)c1. The summed E-state index contributed by atoms with van der Waals surface area (Å²) in [7, 11) is 0. The van der Waals surface area contributed by atoms with E-state index in [1.165, 1.54) is 24.4 Å². The predicted octanol–water partition coefficient (Wildman–Crippen LogP) is 3.78. The molecule has 2 N–H and O–H groups in total. The van der Waals surface area contributed by atoms with Gasteiger partial charge in [0.15, 0.2) is 0 Å². The lowest BCUT2D eigenvalue weighted by Crippen LogP contribution is -1.94. The number of aromatic nitrogens is 1. The Bertz CT molecular complexity index is 651. The molecule has 2 rings (SSSR count). The van der Waals surface area contributed by atoms with Crippen molar-refractivity contribution in [3.05, 3.63) is 50.1 Å². The number of nitro benzene ring substituents is 1. The number of ether oxygens (including phenoxy) is 1. The lowest BCUT2D eigenvalue weighted by molar-refractivity contribution is -0.384. The molecule has 0 saturated heterocycles. The second-order valence-corrected chi connectivity index (χ2v) is 4.79. The zero-order valence-corrected chi connectivity index (χ0v) is 11.7. The van der Waals surface area contributed by atoms with Crippen LogP contribution in [0.2, 0.25) is 5.02 Å². The zero-order chi connectivity index (χ0) is 14.0. The van der Waals surface area contributed by atoms with Crippen molar-refractivity contribution in [3.8, 4) is 11.6 Å². The van der Waals surface area contributed by atoms with Crippen LogP contribution in [0.5, 0.6) is 11.6 Å². The highest BCUT2D eigenvalue weighted by atomic mass is 79.9. The molecule has 0 amide bonds. The number of rotatable bonds is 3. The molecule has 98 valence electrons. The van der Waals surface area contributed by atoms with Gasteiger partial charge in [0.05, 0.1) is 26.3 Å². The number of hydrogen-bond donors (Lipinski definition) is 1. The Balaban J connectivity index is 2.31. The van der Waals surface area contributed by atoms with Gasteiger partial charge in [0.1, 0.15) is 5.75 Å². The Morgan fingerprint density at radius 1 is 1.42 bits per heavy atom. The van der Waals surface area contributed by atoms with Crippen molar-refractivity contribution in [1.29, 1.82) is 0 Å². The molecule has 0 aliphatic rings. The van der Waals surface area contributed by atoms with Crippen molar-refractivity contribution in [2.45, 2.75) is 0 Å². The minimum Gasteiger partial charge on any atom is -0.436 e. The normalized spacial score (nSPS) is 10.2. The minimum atomic E-state index is -0.535. The van der Waals surface area contributed by atoms with Crippen molar-refractivity contribution in [2.75, 3.05) is 5.73 Å². The number of halogens is 2. The van der Waals surface area contributed by atoms with Gasteiger partial charge in [-0.1, -0.05) is 11.6 Å². The summed E-state index contributed by atoms with van der Waals surface area (Å²) in [5, 5.41) is 10.7. The smallest absolute Gasteiger partial charge is 0.271 e. The first-order valence-corrected chi connectivity index (χ1v) is 6.17. The molecule has 0 aliphatic carbocycles. The quantitative estimate of drug-likeness (QED) is 0.676. The van der Waals surface area contributed by atoms with Crippen LogP contribution in [0.25, 0.3) is 0 Å². The number of nitrogen functional groups attached to an aromatic ring is 1. The van der Waals surface area contributed by atoms with Crippen LogP contribution in [0.1, 0.15) is 0 Å². The van der Waals surface area contributed by atoms with Gasteiger partial charge < -0.3 is 10.5 Å². The van der Waals surface area contributed by atoms with E-state index in [4.69, 9.17) is 22.1 Å². The van der Waals surface area contributed by atoms with Gasteiger partial charge in [-0.25, -0.2) is 4.98 Å². The van der Waals surface area contributed by atoms with E-state index in [1.807, 2.05) is 0 Å². The monoisotopic (exact) mass is 343 g/mol. The fraction of sp³-hybridized carbons (Fsp3) is 0. The largest absolute Gasteiger partial charge is 0.436 e. The maximum Gasteiger partial charge on any atom is 0.271 e. The van der Waals surface area contributed by atoms with Crippen LogP contribution >= 0.6 is 27.5 Å². The van der Waals surface area contributed by atoms with E-state index in [1.54, 1.807) is 6.07 Å². The van der Waals surface area contributed by atoms with Crippen molar-refractivity contribution in [3.63, 3.8) is 0 Å². The molecule has 0 saturated carbocycles. The number of hydrogen-bond acceptors (Lipinski definition) is 5. The first-order chi connectivity index (χ1) is 8.97. The van der Waals surface area contributed by atoms with Crippen LogP contribution in [0.4, 0.5) is 11.4 Å². The number of nitrogens with zero attached hydrogens (tertiary/aromatic N) is 2. The Kier molecular flexibility index (Phi) is 3.87. The highest BCUT2D eigenvalue weighted by Crippen LogP contribution is 2.34. The molecule has 1 aromatic heterocycles. The van der Waals surface area contributed by atoms with Crippen LogP contribution < -0.4 is 10.5 Å². The third-order valence-electron chi connectivity index (χ3n) is 2.16. The molecule has 1 heterocycles. The van der Waals surface area contributed by atoms with Gasteiger partial charge in [0.2, 0.25) is 5.88 Å². The Morgan fingerprint density at radius 3 is 2.74 bits per heavy atom. The van der Waals surface area contributed by atoms with Gasteiger partial charge in [-0.3, -0.25) is 10.1 Å². The average molecular weight is 345 g/mol. The van der Waals surface area contributed by atoms with Gasteiger partial charge in [-0.15, -0.1) is 0 Å². The number of nitro groups is 1. The molecule has 0 aliphatic heterocycles. The maximum absolute atomic E-state index is 10.6. The first-order valence-electron chi connectivity index (χ1n) is 5.00. The molecule has 0 radical (unpaired) electrons. The topological polar surface area (TPSA) is 91.3 Å². The van der Waals surface area contributed by atoms with Crippen LogP contribution in [0.3, 0.4) is 0 Å². The highest BCUT2D eigenvalue weighted by molar-refractivity contribution is 9.10. The minimum absolute atomic E-state index is 0.110. The van der Waals surface area contributed by atoms with Crippen LogP contribution in [0.15, 0.2) is 34.9 Å². The molecule has 8 heteroatoms. The van der Waals surface area contributed by atoms with Crippen LogP contribution in [0, 0.1) is 10.1 Å². The van der Waals surface area contributed by atoms with E-state index in [-0.39, 0.29) is 22.3 Å². The molecule has 0 fully saturated rings. The Hall–Kier alpha value is -1.86. The second-order valence-electron chi connectivity index (χ2n) is 3.53. The lowest BCUT2D eigenvalue weighted by Gasteiger charge is -2.08. The molecule has 0 atom stereocenters. The summed E-state index contributed by atoms with van der Waals surface area (Å²) in [5.74, 6) is 0.537. The molecule has 0 unspecified atom stereocenters. The van der Waals surface area contributed by atoms with E-state index in [9.17, 15) is 10.1 Å². The molecule has 1 aromatic carbocycles. The van der Waals surface area contributed by atoms with Crippen LogP contribution in [-0.4, -0.2) is 9.91 Å². The molecule has 0 bridgehead atoms. The van der Waals surface area contributed by atoms with Crippen molar-refractivity contribution < 1.29 is 9.66 Å². The number of non-ortho nitro benzene ring substituents is 1. The van der Waals surface area contributed by atoms with Gasteiger partial charge in [0.25, 0.3) is 5.69 Å². The lowest BCUT2D eigenvalue weighted by atomic mass is 10.3. The summed E-state index contributed by atoms with van der Waals surface area (Å²) < 4.78 is 6.02. The molecule has 6 nitrogen and oxygen atoms in total. The third-order valence-corrected chi connectivity index (χ3v) is 3.02. The zero-order valence-electron chi connectivity index (χ0n) is 9.34. The average Bonchev–Trinajstić information content (AvgIpc) is 2.34. The maximum atomic E-state index is 10.6. The summed E-state index contributed by atoms with van der Waals surface area (Å²) in [6.07, 6.45) is 1.43. The third kappa shape index (κ3) is 3.12. The molecule has 19 heavy (non-hydrogen) atoms. The van der Waals surface area contributed by atoms with Crippen molar-refractivity contribution in [1.82, 2.24) is 4.98 Å². The first kappa shape index (κ1) is 13.6. The number of nitrogens with two attached hydrogens (primary N) is 1. The van der Waals surface area contributed by atoms with Gasteiger partial charge in [-0.05, 0) is 28.1 Å². The van der Waals surface area contributed by atoms with Crippen molar-refractivity contribution >= 4 is 38.9 Å². The summed E-state index contributed by atoms with van der Waals surface area (Å²) in [6, 6.07) is 5.54.